The van der Waals surface area contributed by atoms with Crippen LogP contribution in [0.2, 0.25) is 0 Å². The van der Waals surface area contributed by atoms with E-state index in [0.717, 1.165) is 24.3 Å². The van der Waals surface area contributed by atoms with Gasteiger partial charge in [-0.25, -0.2) is 4.98 Å². The molecular formula is C12H17N3. The van der Waals surface area contributed by atoms with Crippen LogP contribution in [0.3, 0.4) is 0 Å². The molecule has 0 amide bonds. The van der Waals surface area contributed by atoms with Gasteiger partial charge in [-0.05, 0) is 31.0 Å². The zero-order valence-corrected chi connectivity index (χ0v) is 9.33. The topological polar surface area (TPSA) is 43.8 Å². The zero-order chi connectivity index (χ0) is 10.8. The highest BCUT2D eigenvalue weighted by Gasteiger charge is 2.08. The Balaban J connectivity index is 2.63. The van der Waals surface area contributed by atoms with Crippen molar-refractivity contribution in [1.29, 1.82) is 0 Å². The molecule has 2 rings (SSSR count). The third kappa shape index (κ3) is 1.75. The highest BCUT2D eigenvalue weighted by molar-refractivity contribution is 5.76. The molecule has 0 aliphatic heterocycles. The summed E-state index contributed by atoms with van der Waals surface area (Å²) in [6, 6.07) is 6.36. The van der Waals surface area contributed by atoms with E-state index in [-0.39, 0.29) is 0 Å². The summed E-state index contributed by atoms with van der Waals surface area (Å²) in [7, 11) is 0. The van der Waals surface area contributed by atoms with Gasteiger partial charge in [-0.1, -0.05) is 13.0 Å². The lowest BCUT2D eigenvalue weighted by molar-refractivity contribution is 0.655. The molecule has 1 heterocycles. The molecule has 0 fully saturated rings. The summed E-state index contributed by atoms with van der Waals surface area (Å²) < 4.78 is 2.22. The Morgan fingerprint density at radius 2 is 2.20 bits per heavy atom. The molecule has 0 bridgehead atoms. The quantitative estimate of drug-likeness (QED) is 0.831. The summed E-state index contributed by atoms with van der Waals surface area (Å²) >= 11 is 0. The van der Waals surface area contributed by atoms with Crippen molar-refractivity contribution in [2.75, 3.05) is 0 Å². The molecule has 1 aromatic carbocycles. The van der Waals surface area contributed by atoms with Gasteiger partial charge in [0.05, 0.1) is 17.6 Å². The number of hydrogen-bond donors (Lipinski definition) is 1. The molecule has 0 aliphatic rings. The largest absolute Gasteiger partial charge is 0.327 e. The Kier molecular flexibility index (Phi) is 2.73. The smallest absolute Gasteiger partial charge is 0.123 e. The van der Waals surface area contributed by atoms with E-state index in [2.05, 4.69) is 41.6 Å². The van der Waals surface area contributed by atoms with Crippen LogP contribution >= 0.6 is 0 Å². The second-order valence-corrected chi connectivity index (χ2v) is 3.88. The predicted octanol–water partition coefficient (Wildman–Crippen LogP) is 2.21. The van der Waals surface area contributed by atoms with E-state index < -0.39 is 0 Å². The van der Waals surface area contributed by atoms with E-state index in [0.29, 0.717) is 6.54 Å². The molecule has 0 spiro atoms. The van der Waals surface area contributed by atoms with Crippen LogP contribution in [0.25, 0.3) is 11.0 Å². The molecule has 80 valence electrons. The molecule has 0 unspecified atom stereocenters. The summed E-state index contributed by atoms with van der Waals surface area (Å²) in [5, 5.41) is 0. The predicted molar refractivity (Wildman–Crippen MR) is 62.7 cm³/mol. The zero-order valence-electron chi connectivity index (χ0n) is 9.33. The van der Waals surface area contributed by atoms with E-state index in [1.165, 1.54) is 11.1 Å². The van der Waals surface area contributed by atoms with E-state index in [4.69, 9.17) is 5.73 Å². The number of aromatic nitrogens is 2. The maximum absolute atomic E-state index is 5.70. The van der Waals surface area contributed by atoms with Crippen molar-refractivity contribution < 1.29 is 0 Å². The molecule has 0 atom stereocenters. The Morgan fingerprint density at radius 1 is 1.40 bits per heavy atom. The number of aryl methyl sites for hydroxylation is 2. The average molecular weight is 203 g/mol. The number of fused-ring (bicyclic) bond motifs is 1. The van der Waals surface area contributed by atoms with Crippen LogP contribution in [0.15, 0.2) is 18.2 Å². The van der Waals surface area contributed by atoms with Crippen LogP contribution in [0.5, 0.6) is 0 Å². The van der Waals surface area contributed by atoms with Gasteiger partial charge in [0.1, 0.15) is 5.82 Å². The maximum Gasteiger partial charge on any atom is 0.123 e. The normalized spacial score (nSPS) is 11.1. The maximum atomic E-state index is 5.70. The van der Waals surface area contributed by atoms with Gasteiger partial charge in [0, 0.05) is 6.54 Å². The molecule has 0 saturated heterocycles. The van der Waals surface area contributed by atoms with E-state index in [1.807, 2.05) is 0 Å². The summed E-state index contributed by atoms with van der Waals surface area (Å²) in [4.78, 5) is 4.55. The van der Waals surface area contributed by atoms with Gasteiger partial charge in [0.15, 0.2) is 0 Å². The van der Waals surface area contributed by atoms with Crippen molar-refractivity contribution in [3.05, 3.63) is 29.6 Å². The number of rotatable bonds is 3. The van der Waals surface area contributed by atoms with Gasteiger partial charge in [0.25, 0.3) is 0 Å². The first-order valence-corrected chi connectivity index (χ1v) is 5.42. The summed E-state index contributed by atoms with van der Waals surface area (Å²) in [6.45, 7) is 5.75. The minimum atomic E-state index is 0.508. The number of hydrogen-bond acceptors (Lipinski definition) is 2. The van der Waals surface area contributed by atoms with Crippen LogP contribution < -0.4 is 5.73 Å². The molecule has 15 heavy (non-hydrogen) atoms. The Bertz CT molecular complexity index is 471. The second-order valence-electron chi connectivity index (χ2n) is 3.88. The lowest BCUT2D eigenvalue weighted by Crippen LogP contribution is -2.08. The van der Waals surface area contributed by atoms with E-state index in [1.54, 1.807) is 0 Å². The molecule has 0 aliphatic carbocycles. The van der Waals surface area contributed by atoms with Gasteiger partial charge in [-0.3, -0.25) is 0 Å². The van der Waals surface area contributed by atoms with E-state index in [9.17, 15) is 0 Å². The number of nitrogens with two attached hydrogens (primary N) is 1. The van der Waals surface area contributed by atoms with Crippen LogP contribution in [-0.4, -0.2) is 9.55 Å². The van der Waals surface area contributed by atoms with Crippen molar-refractivity contribution in [2.45, 2.75) is 33.4 Å². The molecule has 2 aromatic rings. The van der Waals surface area contributed by atoms with E-state index >= 15 is 0 Å². The summed E-state index contributed by atoms with van der Waals surface area (Å²) in [5.74, 6) is 0.984. The monoisotopic (exact) mass is 203 g/mol. The van der Waals surface area contributed by atoms with Gasteiger partial charge in [-0.15, -0.1) is 0 Å². The van der Waals surface area contributed by atoms with Crippen molar-refractivity contribution in [3.8, 4) is 0 Å². The second kappa shape index (κ2) is 4.03. The van der Waals surface area contributed by atoms with Gasteiger partial charge >= 0.3 is 0 Å². The fraction of sp³-hybridized carbons (Fsp3) is 0.417. The lowest BCUT2D eigenvalue weighted by atomic mass is 10.2. The molecule has 3 nitrogen and oxygen atoms in total. The fourth-order valence-electron chi connectivity index (χ4n) is 1.92. The summed E-state index contributed by atoms with van der Waals surface area (Å²) in [5.41, 5.74) is 9.20. The molecule has 0 radical (unpaired) electrons. The summed E-state index contributed by atoms with van der Waals surface area (Å²) in [6.07, 6.45) is 1.10. The Hall–Kier alpha value is -1.35. The van der Waals surface area contributed by atoms with Gasteiger partial charge in [0.2, 0.25) is 0 Å². The minimum Gasteiger partial charge on any atom is -0.327 e. The lowest BCUT2D eigenvalue weighted by Gasteiger charge is -2.05. The minimum absolute atomic E-state index is 0.508. The van der Waals surface area contributed by atoms with Crippen LogP contribution in [0.1, 0.15) is 24.7 Å². The average Bonchev–Trinajstić information content (AvgIpc) is 2.56. The first kappa shape index (κ1) is 10.2. The molecule has 2 N–H and O–H groups in total. The van der Waals surface area contributed by atoms with Crippen molar-refractivity contribution in [1.82, 2.24) is 9.55 Å². The number of benzene rings is 1. The van der Waals surface area contributed by atoms with Crippen molar-refractivity contribution in [3.63, 3.8) is 0 Å². The first-order chi connectivity index (χ1) is 7.26. The van der Waals surface area contributed by atoms with Crippen molar-refractivity contribution in [2.24, 2.45) is 5.73 Å². The van der Waals surface area contributed by atoms with Crippen molar-refractivity contribution >= 4 is 11.0 Å². The first-order valence-electron chi connectivity index (χ1n) is 5.42. The SMILES string of the molecule is CCCn1c(CN)nc2cc(C)ccc21. The highest BCUT2D eigenvalue weighted by atomic mass is 15.1. The third-order valence-electron chi connectivity index (χ3n) is 2.61. The van der Waals surface area contributed by atoms with Crippen LogP contribution in [0, 0.1) is 6.92 Å². The number of imidazole rings is 1. The fourth-order valence-corrected chi connectivity index (χ4v) is 1.92. The Labute approximate surface area is 89.9 Å². The van der Waals surface area contributed by atoms with Gasteiger partial charge < -0.3 is 10.3 Å². The molecular weight excluding hydrogens is 186 g/mol. The van der Waals surface area contributed by atoms with Crippen LogP contribution in [-0.2, 0) is 13.1 Å². The Morgan fingerprint density at radius 3 is 2.87 bits per heavy atom. The van der Waals surface area contributed by atoms with Gasteiger partial charge in [-0.2, -0.15) is 0 Å². The standard InChI is InChI=1S/C12H17N3/c1-3-6-15-11-5-4-9(2)7-10(11)14-12(15)8-13/h4-5,7H,3,6,8,13H2,1-2H3. The number of nitrogens with zero attached hydrogens (tertiary/aromatic N) is 2. The molecule has 1 aromatic heterocycles. The molecule has 3 heteroatoms. The van der Waals surface area contributed by atoms with Crippen LogP contribution in [0.4, 0.5) is 0 Å². The molecule has 0 saturated carbocycles. The highest BCUT2D eigenvalue weighted by Crippen LogP contribution is 2.18. The third-order valence-corrected chi connectivity index (χ3v) is 2.61.